The number of piperidine rings is 1. The first-order valence-corrected chi connectivity index (χ1v) is 10.3. The van der Waals surface area contributed by atoms with Crippen LogP contribution in [0.1, 0.15) is 40.0 Å². The van der Waals surface area contributed by atoms with E-state index in [9.17, 15) is 0 Å². The summed E-state index contributed by atoms with van der Waals surface area (Å²) >= 11 is 0. The zero-order valence-electron chi connectivity index (χ0n) is 17.0. The molecule has 2 fully saturated rings. The number of rotatable bonds is 8. The van der Waals surface area contributed by atoms with Crippen molar-refractivity contribution >= 4 is 29.9 Å². The summed E-state index contributed by atoms with van der Waals surface area (Å²) in [5.41, 5.74) is 0. The number of aliphatic imine (C=N–C) groups is 1. The van der Waals surface area contributed by atoms with Crippen LogP contribution in [-0.2, 0) is 4.74 Å². The molecule has 0 aromatic carbocycles. The molecule has 2 N–H and O–H groups in total. The fourth-order valence-corrected chi connectivity index (χ4v) is 3.61. The van der Waals surface area contributed by atoms with Crippen LogP contribution in [0.4, 0.5) is 0 Å². The number of morpholine rings is 1. The lowest BCUT2D eigenvalue weighted by atomic mass is 9.97. The highest BCUT2D eigenvalue weighted by Gasteiger charge is 2.21. The second-order valence-corrected chi connectivity index (χ2v) is 7.55. The van der Waals surface area contributed by atoms with Gasteiger partial charge >= 0.3 is 0 Å². The monoisotopic (exact) mass is 481 g/mol. The van der Waals surface area contributed by atoms with Gasteiger partial charge in [-0.05, 0) is 59.0 Å². The summed E-state index contributed by atoms with van der Waals surface area (Å²) in [6, 6.07) is 0.651. The normalized spacial score (nSPS) is 22.9. The molecule has 0 bridgehead atoms. The fraction of sp³-hybridized carbons (Fsp3) is 0.947. The summed E-state index contributed by atoms with van der Waals surface area (Å²) in [5, 5.41) is 6.89. The Morgan fingerprint density at radius 1 is 1.19 bits per heavy atom. The SMILES string of the molecule is CCNC(=NCC1CCCN(C(C)C)C1)NCCCN1CCOCC1.I. The first-order chi connectivity index (χ1) is 12.2. The summed E-state index contributed by atoms with van der Waals surface area (Å²) < 4.78 is 5.40. The van der Waals surface area contributed by atoms with E-state index in [1.165, 1.54) is 25.9 Å². The molecule has 2 saturated heterocycles. The van der Waals surface area contributed by atoms with Crippen LogP contribution in [-0.4, -0.2) is 87.4 Å². The van der Waals surface area contributed by atoms with E-state index < -0.39 is 0 Å². The Hall–Kier alpha value is -0.120. The van der Waals surface area contributed by atoms with Gasteiger partial charge in [-0.25, -0.2) is 0 Å². The number of nitrogens with one attached hydrogen (secondary N) is 2. The van der Waals surface area contributed by atoms with Gasteiger partial charge in [-0.15, -0.1) is 24.0 Å². The predicted octanol–water partition coefficient (Wildman–Crippen LogP) is 2.00. The van der Waals surface area contributed by atoms with Gasteiger partial charge in [0.05, 0.1) is 13.2 Å². The van der Waals surface area contributed by atoms with Crippen molar-refractivity contribution in [3.05, 3.63) is 0 Å². The van der Waals surface area contributed by atoms with Gasteiger partial charge in [0.2, 0.25) is 0 Å². The van der Waals surface area contributed by atoms with Crippen molar-refractivity contribution in [2.45, 2.75) is 46.1 Å². The second-order valence-electron chi connectivity index (χ2n) is 7.55. The number of hydrogen-bond acceptors (Lipinski definition) is 4. The largest absolute Gasteiger partial charge is 0.379 e. The molecule has 0 saturated carbocycles. The van der Waals surface area contributed by atoms with Gasteiger partial charge in [0.25, 0.3) is 0 Å². The Labute approximate surface area is 177 Å². The summed E-state index contributed by atoms with van der Waals surface area (Å²) in [4.78, 5) is 9.92. The molecule has 2 aliphatic heterocycles. The van der Waals surface area contributed by atoms with Gasteiger partial charge in [-0.3, -0.25) is 9.89 Å². The van der Waals surface area contributed by atoms with Gasteiger partial charge in [-0.1, -0.05) is 0 Å². The maximum Gasteiger partial charge on any atom is 0.191 e. The van der Waals surface area contributed by atoms with Crippen molar-refractivity contribution in [1.82, 2.24) is 20.4 Å². The topological polar surface area (TPSA) is 52.1 Å². The lowest BCUT2D eigenvalue weighted by Gasteiger charge is -2.34. The van der Waals surface area contributed by atoms with Crippen LogP contribution in [0.5, 0.6) is 0 Å². The molecular weight excluding hydrogens is 441 g/mol. The lowest BCUT2D eigenvalue weighted by Crippen LogP contribution is -2.42. The zero-order chi connectivity index (χ0) is 17.9. The highest BCUT2D eigenvalue weighted by Crippen LogP contribution is 2.18. The third kappa shape index (κ3) is 9.19. The van der Waals surface area contributed by atoms with Gasteiger partial charge in [0.15, 0.2) is 5.96 Å². The van der Waals surface area contributed by atoms with E-state index in [1.807, 2.05) is 0 Å². The van der Waals surface area contributed by atoms with E-state index in [1.54, 1.807) is 0 Å². The van der Waals surface area contributed by atoms with Crippen molar-refractivity contribution in [3.63, 3.8) is 0 Å². The predicted molar refractivity (Wildman–Crippen MR) is 121 cm³/mol. The Kier molecular flexibility index (Phi) is 12.8. The highest BCUT2D eigenvalue weighted by atomic mass is 127. The number of ether oxygens (including phenoxy) is 1. The van der Waals surface area contributed by atoms with Crippen molar-refractivity contribution < 1.29 is 4.74 Å². The molecule has 0 aliphatic carbocycles. The molecule has 0 aromatic rings. The number of halogens is 1. The number of likely N-dealkylation sites (tertiary alicyclic amines) is 1. The summed E-state index contributed by atoms with van der Waals surface area (Å²) in [5.74, 6) is 1.67. The van der Waals surface area contributed by atoms with Crippen molar-refractivity contribution in [2.24, 2.45) is 10.9 Å². The molecule has 26 heavy (non-hydrogen) atoms. The molecule has 0 spiro atoms. The first kappa shape index (κ1) is 23.9. The minimum atomic E-state index is 0. The molecule has 0 amide bonds. The van der Waals surface area contributed by atoms with E-state index in [-0.39, 0.29) is 24.0 Å². The van der Waals surface area contributed by atoms with E-state index in [4.69, 9.17) is 9.73 Å². The average molecular weight is 481 g/mol. The van der Waals surface area contributed by atoms with Crippen LogP contribution in [0.15, 0.2) is 4.99 Å². The van der Waals surface area contributed by atoms with Gasteiger partial charge < -0.3 is 20.3 Å². The third-order valence-corrected chi connectivity index (χ3v) is 5.18. The Morgan fingerprint density at radius 2 is 1.96 bits per heavy atom. The minimum Gasteiger partial charge on any atom is -0.379 e. The third-order valence-electron chi connectivity index (χ3n) is 5.18. The number of nitrogens with zero attached hydrogens (tertiary/aromatic N) is 3. The Balaban J connectivity index is 0.00000338. The van der Waals surface area contributed by atoms with Crippen molar-refractivity contribution in [2.75, 3.05) is 65.6 Å². The molecule has 0 radical (unpaired) electrons. The quantitative estimate of drug-likeness (QED) is 0.241. The molecular formula is C19H40IN5O. The smallest absolute Gasteiger partial charge is 0.191 e. The van der Waals surface area contributed by atoms with Crippen molar-refractivity contribution in [1.29, 1.82) is 0 Å². The van der Waals surface area contributed by atoms with E-state index in [2.05, 4.69) is 41.2 Å². The molecule has 2 aliphatic rings. The van der Waals surface area contributed by atoms with Crippen LogP contribution in [0.25, 0.3) is 0 Å². The van der Waals surface area contributed by atoms with Crippen LogP contribution in [0, 0.1) is 5.92 Å². The molecule has 2 rings (SSSR count). The minimum absolute atomic E-state index is 0. The molecule has 1 atom stereocenters. The number of hydrogen-bond donors (Lipinski definition) is 2. The first-order valence-electron chi connectivity index (χ1n) is 10.3. The standard InChI is InChI=1S/C19H39N5O.HI/c1-4-20-19(21-8-6-9-23-11-13-25-14-12-23)22-15-18-7-5-10-24(16-18)17(2)3;/h17-18H,4-16H2,1-3H3,(H2,20,21,22);1H. The highest BCUT2D eigenvalue weighted by molar-refractivity contribution is 14.0. The zero-order valence-corrected chi connectivity index (χ0v) is 19.3. The number of guanidine groups is 1. The van der Waals surface area contributed by atoms with Crippen molar-refractivity contribution in [3.8, 4) is 0 Å². The van der Waals surface area contributed by atoms with E-state index >= 15 is 0 Å². The van der Waals surface area contributed by atoms with Gasteiger partial charge in [-0.2, -0.15) is 0 Å². The van der Waals surface area contributed by atoms with Gasteiger partial charge in [0.1, 0.15) is 0 Å². The van der Waals surface area contributed by atoms with Crippen LogP contribution < -0.4 is 10.6 Å². The maximum absolute atomic E-state index is 5.40. The summed E-state index contributed by atoms with van der Waals surface area (Å²) in [6.07, 6.45) is 3.76. The summed E-state index contributed by atoms with van der Waals surface area (Å²) in [7, 11) is 0. The molecule has 0 aromatic heterocycles. The Morgan fingerprint density at radius 3 is 2.65 bits per heavy atom. The van der Waals surface area contributed by atoms with Crippen LogP contribution in [0.3, 0.4) is 0 Å². The maximum atomic E-state index is 5.40. The summed E-state index contributed by atoms with van der Waals surface area (Å²) in [6.45, 7) is 17.0. The Bertz CT molecular complexity index is 388. The average Bonchev–Trinajstić information content (AvgIpc) is 2.64. The lowest BCUT2D eigenvalue weighted by molar-refractivity contribution is 0.0376. The van der Waals surface area contributed by atoms with Crippen LogP contribution >= 0.6 is 24.0 Å². The second kappa shape index (κ2) is 14.0. The van der Waals surface area contributed by atoms with Gasteiger partial charge in [0, 0.05) is 45.3 Å². The van der Waals surface area contributed by atoms with Crippen LogP contribution in [0.2, 0.25) is 0 Å². The molecule has 7 heteroatoms. The molecule has 1 unspecified atom stereocenters. The van der Waals surface area contributed by atoms with E-state index in [0.717, 1.165) is 64.9 Å². The fourth-order valence-electron chi connectivity index (χ4n) is 3.61. The van der Waals surface area contributed by atoms with E-state index in [0.29, 0.717) is 12.0 Å². The molecule has 6 nitrogen and oxygen atoms in total. The molecule has 2 heterocycles. The molecule has 154 valence electrons.